The van der Waals surface area contributed by atoms with Gasteiger partial charge in [-0.15, -0.1) is 0 Å². The fourth-order valence-electron chi connectivity index (χ4n) is 1.16. The first kappa shape index (κ1) is 12.2. The Morgan fingerprint density at radius 2 is 1.67 bits per heavy atom. The SMILES string of the molecule is CCCCCC[SiH2]OCCCC. The molecule has 0 aliphatic carbocycles. The van der Waals surface area contributed by atoms with Crippen molar-refractivity contribution in [3.8, 4) is 0 Å². The number of hydrogen-bond donors (Lipinski definition) is 0. The van der Waals surface area contributed by atoms with Gasteiger partial charge in [-0.05, 0) is 12.5 Å². The minimum atomic E-state index is -0.137. The Morgan fingerprint density at radius 3 is 2.33 bits per heavy atom. The second kappa shape index (κ2) is 11.2. The van der Waals surface area contributed by atoms with Gasteiger partial charge in [-0.1, -0.05) is 46.0 Å². The molecule has 0 unspecified atom stereocenters. The van der Waals surface area contributed by atoms with Crippen LogP contribution in [0.2, 0.25) is 6.04 Å². The van der Waals surface area contributed by atoms with Crippen molar-refractivity contribution < 1.29 is 4.43 Å². The van der Waals surface area contributed by atoms with Gasteiger partial charge in [0.15, 0.2) is 9.76 Å². The molecule has 0 bridgehead atoms. The molecule has 0 heterocycles. The highest BCUT2D eigenvalue weighted by molar-refractivity contribution is 6.26. The van der Waals surface area contributed by atoms with Gasteiger partial charge in [0.25, 0.3) is 0 Å². The second-order valence-electron chi connectivity index (χ2n) is 3.38. The highest BCUT2D eigenvalue weighted by atomic mass is 28.2. The Labute approximate surface area is 79.8 Å². The molecule has 0 aliphatic rings. The summed E-state index contributed by atoms with van der Waals surface area (Å²) in [6.07, 6.45) is 8.10. The summed E-state index contributed by atoms with van der Waals surface area (Å²) in [6, 6.07) is 1.39. The van der Waals surface area contributed by atoms with E-state index in [4.69, 9.17) is 4.43 Å². The van der Waals surface area contributed by atoms with Crippen LogP contribution in [0.25, 0.3) is 0 Å². The highest BCUT2D eigenvalue weighted by Crippen LogP contribution is 2.02. The maximum absolute atomic E-state index is 5.59. The third-order valence-corrected chi connectivity index (χ3v) is 3.40. The number of rotatable bonds is 9. The van der Waals surface area contributed by atoms with Crippen molar-refractivity contribution in [2.24, 2.45) is 0 Å². The molecule has 0 amide bonds. The lowest BCUT2D eigenvalue weighted by atomic mass is 10.2. The maximum atomic E-state index is 5.59. The Bertz CT molecular complexity index is 66.2. The zero-order valence-corrected chi connectivity index (χ0v) is 10.2. The lowest BCUT2D eigenvalue weighted by Crippen LogP contribution is -1.99. The Balaban J connectivity index is 2.73. The van der Waals surface area contributed by atoms with Crippen LogP contribution in [-0.2, 0) is 4.43 Å². The number of unbranched alkanes of at least 4 members (excludes halogenated alkanes) is 4. The summed E-state index contributed by atoms with van der Waals surface area (Å²) < 4.78 is 5.59. The van der Waals surface area contributed by atoms with Gasteiger partial charge >= 0.3 is 0 Å². The smallest absolute Gasteiger partial charge is 0.161 e. The molecule has 1 nitrogen and oxygen atoms in total. The van der Waals surface area contributed by atoms with Crippen molar-refractivity contribution in [3.63, 3.8) is 0 Å². The van der Waals surface area contributed by atoms with E-state index < -0.39 is 0 Å². The van der Waals surface area contributed by atoms with E-state index in [9.17, 15) is 0 Å². The van der Waals surface area contributed by atoms with Crippen LogP contribution in [0.3, 0.4) is 0 Å². The van der Waals surface area contributed by atoms with Crippen LogP contribution in [0.1, 0.15) is 52.4 Å². The lowest BCUT2D eigenvalue weighted by molar-refractivity contribution is 0.325. The van der Waals surface area contributed by atoms with Crippen LogP contribution < -0.4 is 0 Å². The van der Waals surface area contributed by atoms with E-state index in [1.807, 2.05) is 0 Å². The predicted octanol–water partition coefficient (Wildman–Crippen LogP) is 2.89. The van der Waals surface area contributed by atoms with Gasteiger partial charge < -0.3 is 4.43 Å². The molecule has 0 N–H and O–H groups in total. The van der Waals surface area contributed by atoms with E-state index in [2.05, 4.69) is 13.8 Å². The molecule has 0 aromatic rings. The topological polar surface area (TPSA) is 9.23 Å². The van der Waals surface area contributed by atoms with Crippen molar-refractivity contribution >= 4 is 9.76 Å². The summed E-state index contributed by atoms with van der Waals surface area (Å²) in [6.45, 7) is 5.50. The van der Waals surface area contributed by atoms with Crippen LogP contribution in [0.15, 0.2) is 0 Å². The Hall–Kier alpha value is 0.177. The fraction of sp³-hybridized carbons (Fsp3) is 1.00. The normalized spacial score (nSPS) is 11.5. The highest BCUT2D eigenvalue weighted by Gasteiger charge is 1.90. The fourth-order valence-corrected chi connectivity index (χ4v) is 2.33. The summed E-state index contributed by atoms with van der Waals surface area (Å²) in [7, 11) is -0.137. The van der Waals surface area contributed by atoms with Crippen LogP contribution in [0.5, 0.6) is 0 Å². The molecule has 74 valence electrons. The third kappa shape index (κ3) is 10.2. The van der Waals surface area contributed by atoms with Gasteiger partial charge in [0.2, 0.25) is 0 Å². The largest absolute Gasteiger partial charge is 0.424 e. The van der Waals surface area contributed by atoms with Crippen LogP contribution in [0.4, 0.5) is 0 Å². The molecule has 0 saturated carbocycles. The second-order valence-corrected chi connectivity index (χ2v) is 4.90. The minimum Gasteiger partial charge on any atom is -0.424 e. The van der Waals surface area contributed by atoms with Crippen molar-refractivity contribution in [1.82, 2.24) is 0 Å². The first-order valence-electron chi connectivity index (χ1n) is 5.49. The number of hydrogen-bond acceptors (Lipinski definition) is 1. The summed E-state index contributed by atoms with van der Waals surface area (Å²) in [5.74, 6) is 0. The van der Waals surface area contributed by atoms with Gasteiger partial charge in [0.1, 0.15) is 0 Å². The van der Waals surface area contributed by atoms with E-state index >= 15 is 0 Å². The van der Waals surface area contributed by atoms with E-state index in [-0.39, 0.29) is 9.76 Å². The minimum absolute atomic E-state index is 0.137. The maximum Gasteiger partial charge on any atom is 0.161 e. The van der Waals surface area contributed by atoms with Crippen molar-refractivity contribution in [1.29, 1.82) is 0 Å². The van der Waals surface area contributed by atoms with Crippen molar-refractivity contribution in [2.75, 3.05) is 6.61 Å². The van der Waals surface area contributed by atoms with Gasteiger partial charge in [0.05, 0.1) is 0 Å². The van der Waals surface area contributed by atoms with E-state index in [1.54, 1.807) is 0 Å². The molecule has 0 radical (unpaired) electrons. The molecular formula is C10H24OSi. The molecule has 0 atom stereocenters. The quantitative estimate of drug-likeness (QED) is 0.399. The Morgan fingerprint density at radius 1 is 0.917 bits per heavy atom. The van der Waals surface area contributed by atoms with Gasteiger partial charge in [0, 0.05) is 6.61 Å². The molecule has 0 aromatic heterocycles. The lowest BCUT2D eigenvalue weighted by Gasteiger charge is -2.01. The Kier molecular flexibility index (Phi) is 11.3. The molecule has 2 heteroatoms. The van der Waals surface area contributed by atoms with Crippen LogP contribution in [0, 0.1) is 0 Å². The first-order valence-corrected chi connectivity index (χ1v) is 7.07. The molecule has 0 aromatic carbocycles. The molecular weight excluding hydrogens is 164 g/mol. The van der Waals surface area contributed by atoms with Crippen LogP contribution >= 0.6 is 0 Å². The zero-order valence-electron chi connectivity index (χ0n) is 8.77. The molecule has 12 heavy (non-hydrogen) atoms. The zero-order chi connectivity index (χ0) is 9.07. The first-order chi connectivity index (χ1) is 5.91. The van der Waals surface area contributed by atoms with Gasteiger partial charge in [-0.3, -0.25) is 0 Å². The van der Waals surface area contributed by atoms with Gasteiger partial charge in [-0.25, -0.2) is 0 Å². The average molecular weight is 188 g/mol. The summed E-state index contributed by atoms with van der Waals surface area (Å²) in [5, 5.41) is 0. The predicted molar refractivity (Wildman–Crippen MR) is 58.4 cm³/mol. The van der Waals surface area contributed by atoms with Crippen LogP contribution in [-0.4, -0.2) is 16.4 Å². The van der Waals surface area contributed by atoms with Crippen molar-refractivity contribution in [3.05, 3.63) is 0 Å². The van der Waals surface area contributed by atoms with E-state index in [0.29, 0.717) is 0 Å². The van der Waals surface area contributed by atoms with Gasteiger partial charge in [-0.2, -0.15) is 0 Å². The standard InChI is InChI=1S/C10H24OSi/c1-3-5-7-8-10-12-11-9-6-4-2/h3-10,12H2,1-2H3. The molecule has 0 spiro atoms. The monoisotopic (exact) mass is 188 g/mol. The van der Waals surface area contributed by atoms with E-state index in [1.165, 1.54) is 44.6 Å². The summed E-state index contributed by atoms with van der Waals surface area (Å²) in [4.78, 5) is 0. The summed E-state index contributed by atoms with van der Waals surface area (Å²) >= 11 is 0. The van der Waals surface area contributed by atoms with E-state index in [0.717, 1.165) is 6.61 Å². The van der Waals surface area contributed by atoms with Crippen molar-refractivity contribution in [2.45, 2.75) is 58.4 Å². The summed E-state index contributed by atoms with van der Waals surface area (Å²) in [5.41, 5.74) is 0. The average Bonchev–Trinajstić information content (AvgIpc) is 2.10. The molecule has 0 aliphatic heterocycles. The third-order valence-electron chi connectivity index (χ3n) is 2.03. The molecule has 0 fully saturated rings. The molecule has 0 rings (SSSR count). The molecule has 0 saturated heterocycles.